The maximum atomic E-state index is 9.11. The molecule has 0 heterocycles. The molecule has 0 unspecified atom stereocenters. The van der Waals surface area contributed by atoms with E-state index < -0.39 is 0 Å². The lowest BCUT2D eigenvalue weighted by Crippen LogP contribution is -2.35. The minimum absolute atomic E-state index is 0.588. The van der Waals surface area contributed by atoms with E-state index in [0.29, 0.717) is 17.5 Å². The fourth-order valence-corrected chi connectivity index (χ4v) is 2.97. The van der Waals surface area contributed by atoms with Crippen molar-refractivity contribution in [3.63, 3.8) is 0 Å². The molecule has 0 bridgehead atoms. The summed E-state index contributed by atoms with van der Waals surface area (Å²) < 4.78 is 0. The molecule has 1 fully saturated rings. The second-order valence-electron chi connectivity index (χ2n) is 6.20. The van der Waals surface area contributed by atoms with Gasteiger partial charge in [-0.1, -0.05) is 26.7 Å². The van der Waals surface area contributed by atoms with Crippen molar-refractivity contribution in [2.75, 3.05) is 17.2 Å². The molecule has 1 aromatic rings. The summed E-state index contributed by atoms with van der Waals surface area (Å²) in [6.45, 7) is 5.53. The molecule has 0 saturated heterocycles. The molecule has 3 nitrogen and oxygen atoms in total. The van der Waals surface area contributed by atoms with Crippen molar-refractivity contribution in [2.24, 2.45) is 5.92 Å². The highest BCUT2D eigenvalue weighted by Crippen LogP contribution is 2.33. The van der Waals surface area contributed by atoms with Crippen LogP contribution < -0.4 is 10.6 Å². The molecule has 1 aliphatic carbocycles. The van der Waals surface area contributed by atoms with Crippen LogP contribution in [0.2, 0.25) is 0 Å². The second kappa shape index (κ2) is 6.65. The van der Waals surface area contributed by atoms with Crippen LogP contribution >= 0.6 is 0 Å². The van der Waals surface area contributed by atoms with Gasteiger partial charge in [-0.25, -0.2) is 0 Å². The van der Waals surface area contributed by atoms with E-state index in [1.54, 1.807) is 6.07 Å². The Hall–Kier alpha value is -1.69. The largest absolute Gasteiger partial charge is 0.397 e. The molecule has 108 valence electrons. The molecule has 1 saturated carbocycles. The number of nitriles is 1. The predicted octanol–water partition coefficient (Wildman–Crippen LogP) is 3.94. The van der Waals surface area contributed by atoms with E-state index in [9.17, 15) is 0 Å². The van der Waals surface area contributed by atoms with Gasteiger partial charge in [0.05, 0.1) is 23.0 Å². The Morgan fingerprint density at radius 1 is 1.35 bits per heavy atom. The lowest BCUT2D eigenvalue weighted by atomic mass is 10.1. The standard InChI is InChI=1S/C17H25N3/c1-13(2)9-10-20(15-5-3-4-6-15)17-11-14(12-18)7-8-16(17)19/h7-8,11,13,15H,3-6,9-10,19H2,1-2H3. The van der Waals surface area contributed by atoms with Gasteiger partial charge in [0, 0.05) is 12.6 Å². The van der Waals surface area contributed by atoms with Crippen molar-refractivity contribution >= 4 is 11.4 Å². The van der Waals surface area contributed by atoms with Crippen molar-refractivity contribution < 1.29 is 0 Å². The third-order valence-corrected chi connectivity index (χ3v) is 4.18. The van der Waals surface area contributed by atoms with Crippen LogP contribution in [0.1, 0.15) is 51.5 Å². The van der Waals surface area contributed by atoms with E-state index in [-0.39, 0.29) is 0 Å². The van der Waals surface area contributed by atoms with Crippen LogP contribution in [0.3, 0.4) is 0 Å². The molecule has 0 atom stereocenters. The van der Waals surface area contributed by atoms with Crippen molar-refractivity contribution in [3.05, 3.63) is 23.8 Å². The summed E-state index contributed by atoms with van der Waals surface area (Å²) in [5.41, 5.74) is 8.71. The zero-order valence-electron chi connectivity index (χ0n) is 12.6. The van der Waals surface area contributed by atoms with Crippen molar-refractivity contribution in [1.29, 1.82) is 5.26 Å². The number of nitrogens with zero attached hydrogens (tertiary/aromatic N) is 2. The molecule has 1 aliphatic rings. The van der Waals surface area contributed by atoms with Crippen LogP contribution in [-0.4, -0.2) is 12.6 Å². The monoisotopic (exact) mass is 271 g/mol. The minimum atomic E-state index is 0.588. The Morgan fingerprint density at radius 3 is 2.65 bits per heavy atom. The number of rotatable bonds is 5. The number of hydrogen-bond donors (Lipinski definition) is 1. The lowest BCUT2D eigenvalue weighted by Gasteiger charge is -2.33. The molecule has 2 rings (SSSR count). The number of nitrogens with two attached hydrogens (primary N) is 1. The van der Waals surface area contributed by atoms with E-state index in [1.165, 1.54) is 25.7 Å². The smallest absolute Gasteiger partial charge is 0.0992 e. The first-order valence-corrected chi connectivity index (χ1v) is 7.68. The fraction of sp³-hybridized carbons (Fsp3) is 0.588. The molecular formula is C17H25N3. The summed E-state index contributed by atoms with van der Waals surface area (Å²) >= 11 is 0. The van der Waals surface area contributed by atoms with Crippen LogP contribution in [0, 0.1) is 17.2 Å². The molecule has 20 heavy (non-hydrogen) atoms. The molecule has 3 heteroatoms. The highest BCUT2D eigenvalue weighted by Gasteiger charge is 2.24. The van der Waals surface area contributed by atoms with Gasteiger partial charge in [0.1, 0.15) is 0 Å². The van der Waals surface area contributed by atoms with Crippen molar-refractivity contribution in [1.82, 2.24) is 0 Å². The zero-order chi connectivity index (χ0) is 14.5. The molecule has 0 aliphatic heterocycles. The first kappa shape index (κ1) is 14.7. The summed E-state index contributed by atoms with van der Waals surface area (Å²) in [7, 11) is 0. The number of nitrogen functional groups attached to an aromatic ring is 1. The summed E-state index contributed by atoms with van der Waals surface area (Å²) in [6.07, 6.45) is 6.26. The zero-order valence-corrected chi connectivity index (χ0v) is 12.6. The third kappa shape index (κ3) is 3.45. The van der Waals surface area contributed by atoms with Crippen molar-refractivity contribution in [2.45, 2.75) is 52.0 Å². The average Bonchev–Trinajstić information content (AvgIpc) is 2.94. The van der Waals surface area contributed by atoms with Crippen LogP contribution in [0.25, 0.3) is 0 Å². The van der Waals surface area contributed by atoms with E-state index in [2.05, 4.69) is 24.8 Å². The van der Waals surface area contributed by atoms with Gasteiger partial charge in [0.2, 0.25) is 0 Å². The van der Waals surface area contributed by atoms with Gasteiger partial charge in [0.25, 0.3) is 0 Å². The van der Waals surface area contributed by atoms with Gasteiger partial charge >= 0.3 is 0 Å². The Labute approximate surface area is 122 Å². The van der Waals surface area contributed by atoms with Crippen LogP contribution in [0.15, 0.2) is 18.2 Å². The fourth-order valence-electron chi connectivity index (χ4n) is 2.97. The highest BCUT2D eigenvalue weighted by atomic mass is 15.2. The third-order valence-electron chi connectivity index (χ3n) is 4.18. The van der Waals surface area contributed by atoms with Crippen LogP contribution in [-0.2, 0) is 0 Å². The van der Waals surface area contributed by atoms with Crippen molar-refractivity contribution in [3.8, 4) is 6.07 Å². The Morgan fingerprint density at radius 2 is 2.05 bits per heavy atom. The normalized spacial score (nSPS) is 15.5. The molecule has 0 spiro atoms. The maximum absolute atomic E-state index is 9.11. The Kier molecular flexibility index (Phi) is 4.89. The van der Waals surface area contributed by atoms with Gasteiger partial charge in [-0.3, -0.25) is 0 Å². The predicted molar refractivity (Wildman–Crippen MR) is 84.6 cm³/mol. The highest BCUT2D eigenvalue weighted by molar-refractivity contribution is 5.70. The van der Waals surface area contributed by atoms with Gasteiger partial charge < -0.3 is 10.6 Å². The van der Waals surface area contributed by atoms with Gasteiger partial charge in [-0.15, -0.1) is 0 Å². The second-order valence-corrected chi connectivity index (χ2v) is 6.20. The molecule has 0 radical (unpaired) electrons. The lowest BCUT2D eigenvalue weighted by molar-refractivity contribution is 0.529. The SMILES string of the molecule is CC(C)CCN(c1cc(C#N)ccc1N)C1CCCC1. The summed E-state index contributed by atoms with van der Waals surface area (Å²) in [5.74, 6) is 0.680. The van der Waals surface area contributed by atoms with Crippen LogP contribution in [0.5, 0.6) is 0 Å². The van der Waals surface area contributed by atoms with E-state index >= 15 is 0 Å². The van der Waals surface area contributed by atoms with Crippen LogP contribution in [0.4, 0.5) is 11.4 Å². The summed E-state index contributed by atoms with van der Waals surface area (Å²) in [4.78, 5) is 2.45. The van der Waals surface area contributed by atoms with E-state index in [0.717, 1.165) is 24.3 Å². The number of hydrogen-bond acceptors (Lipinski definition) is 3. The molecule has 2 N–H and O–H groups in total. The molecular weight excluding hydrogens is 246 g/mol. The maximum Gasteiger partial charge on any atom is 0.0992 e. The Bertz CT molecular complexity index is 481. The number of anilines is 2. The summed E-state index contributed by atoms with van der Waals surface area (Å²) in [6, 6.07) is 8.43. The van der Waals surface area contributed by atoms with E-state index in [1.807, 2.05) is 12.1 Å². The summed E-state index contributed by atoms with van der Waals surface area (Å²) in [5, 5.41) is 9.11. The van der Waals surface area contributed by atoms with Gasteiger partial charge in [0.15, 0.2) is 0 Å². The topological polar surface area (TPSA) is 53.0 Å². The molecule has 0 aromatic heterocycles. The first-order valence-electron chi connectivity index (χ1n) is 7.68. The Balaban J connectivity index is 2.27. The molecule has 1 aromatic carbocycles. The van der Waals surface area contributed by atoms with Gasteiger partial charge in [-0.05, 0) is 43.4 Å². The number of benzene rings is 1. The van der Waals surface area contributed by atoms with E-state index in [4.69, 9.17) is 11.0 Å². The quantitative estimate of drug-likeness (QED) is 0.825. The first-order chi connectivity index (χ1) is 9.61. The average molecular weight is 271 g/mol. The minimum Gasteiger partial charge on any atom is -0.397 e. The van der Waals surface area contributed by atoms with Gasteiger partial charge in [-0.2, -0.15) is 5.26 Å². The molecule has 0 amide bonds.